The molecule has 4 heteroatoms. The number of rotatable bonds is 2. The van der Waals surface area contributed by atoms with E-state index in [-0.39, 0.29) is 23.5 Å². The van der Waals surface area contributed by atoms with Gasteiger partial charge in [0.1, 0.15) is 5.78 Å². The summed E-state index contributed by atoms with van der Waals surface area (Å²) in [6.07, 6.45) is 7.22. The fourth-order valence-corrected chi connectivity index (χ4v) is 5.33. The van der Waals surface area contributed by atoms with E-state index in [1.165, 1.54) is 5.75 Å². The van der Waals surface area contributed by atoms with Crippen LogP contribution in [0.25, 0.3) is 0 Å². The first kappa shape index (κ1) is 13.9. The Morgan fingerprint density at radius 2 is 2.16 bits per heavy atom. The van der Waals surface area contributed by atoms with E-state index in [1.807, 2.05) is 11.8 Å². The van der Waals surface area contributed by atoms with Crippen molar-refractivity contribution in [3.63, 3.8) is 0 Å². The molecule has 0 amide bonds. The highest BCUT2D eigenvalue weighted by molar-refractivity contribution is 7.99. The van der Waals surface area contributed by atoms with Gasteiger partial charge in [-0.3, -0.25) is 4.79 Å². The van der Waals surface area contributed by atoms with E-state index >= 15 is 0 Å². The van der Waals surface area contributed by atoms with Gasteiger partial charge < -0.3 is 10.5 Å². The lowest BCUT2D eigenvalue weighted by molar-refractivity contribution is -0.138. The van der Waals surface area contributed by atoms with Crippen molar-refractivity contribution in [2.45, 2.75) is 56.6 Å². The van der Waals surface area contributed by atoms with Crippen molar-refractivity contribution in [2.75, 3.05) is 18.1 Å². The summed E-state index contributed by atoms with van der Waals surface area (Å²) >= 11 is 1.97. The molecule has 2 heterocycles. The first-order chi connectivity index (χ1) is 9.19. The molecule has 3 fully saturated rings. The van der Waals surface area contributed by atoms with Crippen molar-refractivity contribution in [1.82, 2.24) is 0 Å². The number of carbonyl (C=O) groups is 1. The predicted molar refractivity (Wildman–Crippen MR) is 78.3 cm³/mol. The summed E-state index contributed by atoms with van der Waals surface area (Å²) < 4.78 is 6.02. The maximum Gasteiger partial charge on any atom is 0.139 e. The van der Waals surface area contributed by atoms with Crippen LogP contribution in [0.4, 0.5) is 0 Å². The summed E-state index contributed by atoms with van der Waals surface area (Å²) in [5.74, 6) is 3.24. The highest BCUT2D eigenvalue weighted by Crippen LogP contribution is 2.42. The number of nitrogens with two attached hydrogens (primary N) is 1. The van der Waals surface area contributed by atoms with Crippen LogP contribution in [0.3, 0.4) is 0 Å². The molecule has 3 nitrogen and oxygen atoms in total. The Morgan fingerprint density at radius 3 is 2.89 bits per heavy atom. The smallest absolute Gasteiger partial charge is 0.139 e. The van der Waals surface area contributed by atoms with Crippen LogP contribution in [0.1, 0.15) is 44.9 Å². The van der Waals surface area contributed by atoms with Gasteiger partial charge in [0.05, 0.1) is 5.60 Å². The molecule has 1 aliphatic carbocycles. The second-order valence-electron chi connectivity index (χ2n) is 6.55. The zero-order valence-corrected chi connectivity index (χ0v) is 12.4. The topological polar surface area (TPSA) is 52.3 Å². The molecule has 3 aliphatic rings. The highest BCUT2D eigenvalue weighted by atomic mass is 32.2. The third kappa shape index (κ3) is 3.01. The molecule has 2 aliphatic heterocycles. The van der Waals surface area contributed by atoms with Crippen LogP contribution in [0.5, 0.6) is 0 Å². The molecule has 1 saturated carbocycles. The van der Waals surface area contributed by atoms with Gasteiger partial charge in [-0.25, -0.2) is 0 Å². The third-order valence-corrected chi connectivity index (χ3v) is 6.30. The maximum absolute atomic E-state index is 12.7. The van der Waals surface area contributed by atoms with Crippen LogP contribution in [0.15, 0.2) is 0 Å². The largest absolute Gasteiger partial charge is 0.374 e. The predicted octanol–water partition coefficient (Wildman–Crippen LogP) is 2.38. The fourth-order valence-electron chi connectivity index (χ4n) is 3.95. The Labute approximate surface area is 120 Å². The first-order valence-electron chi connectivity index (χ1n) is 7.70. The lowest BCUT2D eigenvalue weighted by Crippen LogP contribution is -2.44. The SMILES string of the molecule is NC1CCCC(C(=O)C2CCOC3(CCSC3)C2)C1. The van der Waals surface area contributed by atoms with Gasteiger partial charge in [-0.15, -0.1) is 0 Å². The second kappa shape index (κ2) is 5.74. The van der Waals surface area contributed by atoms with Crippen LogP contribution in [-0.4, -0.2) is 35.5 Å². The van der Waals surface area contributed by atoms with Gasteiger partial charge in [0.15, 0.2) is 0 Å². The van der Waals surface area contributed by atoms with Gasteiger partial charge in [-0.2, -0.15) is 11.8 Å². The molecule has 3 rings (SSSR count). The average molecular weight is 283 g/mol. The highest BCUT2D eigenvalue weighted by Gasteiger charge is 2.43. The average Bonchev–Trinajstić information content (AvgIpc) is 2.86. The van der Waals surface area contributed by atoms with Gasteiger partial charge >= 0.3 is 0 Å². The van der Waals surface area contributed by atoms with Crippen LogP contribution in [0, 0.1) is 11.8 Å². The molecule has 1 spiro atoms. The van der Waals surface area contributed by atoms with E-state index in [0.29, 0.717) is 5.78 Å². The minimum atomic E-state index is 0.0278. The van der Waals surface area contributed by atoms with Gasteiger partial charge in [0, 0.05) is 30.2 Å². The summed E-state index contributed by atoms with van der Waals surface area (Å²) in [5.41, 5.74) is 6.06. The molecule has 19 heavy (non-hydrogen) atoms. The fraction of sp³-hybridized carbons (Fsp3) is 0.933. The van der Waals surface area contributed by atoms with Gasteiger partial charge in [0.25, 0.3) is 0 Å². The quantitative estimate of drug-likeness (QED) is 0.845. The van der Waals surface area contributed by atoms with Crippen LogP contribution < -0.4 is 5.73 Å². The van der Waals surface area contributed by atoms with Gasteiger partial charge in [-0.1, -0.05) is 6.42 Å². The molecule has 0 bridgehead atoms. The molecular weight excluding hydrogens is 258 g/mol. The monoisotopic (exact) mass is 283 g/mol. The number of ether oxygens (including phenoxy) is 1. The molecule has 0 aromatic carbocycles. The second-order valence-corrected chi connectivity index (χ2v) is 7.65. The van der Waals surface area contributed by atoms with Crippen LogP contribution >= 0.6 is 11.8 Å². The Morgan fingerprint density at radius 1 is 1.26 bits per heavy atom. The van der Waals surface area contributed by atoms with E-state index in [0.717, 1.165) is 57.3 Å². The molecular formula is C15H25NO2S. The Hall–Kier alpha value is -0.0600. The minimum Gasteiger partial charge on any atom is -0.374 e. The summed E-state index contributed by atoms with van der Waals surface area (Å²) in [6, 6.07) is 0.249. The van der Waals surface area contributed by atoms with Gasteiger partial charge in [-0.05, 0) is 44.3 Å². The molecule has 108 valence electrons. The Bertz CT molecular complexity index is 341. The first-order valence-corrected chi connectivity index (χ1v) is 8.85. The number of ketones is 1. The summed E-state index contributed by atoms with van der Waals surface area (Å²) in [6.45, 7) is 0.774. The summed E-state index contributed by atoms with van der Waals surface area (Å²) in [5, 5.41) is 0. The number of hydrogen-bond donors (Lipinski definition) is 1. The van der Waals surface area contributed by atoms with Crippen molar-refractivity contribution < 1.29 is 9.53 Å². The van der Waals surface area contributed by atoms with E-state index in [2.05, 4.69) is 0 Å². The molecule has 2 saturated heterocycles. The zero-order valence-electron chi connectivity index (χ0n) is 11.6. The number of thioether (sulfide) groups is 1. The lowest BCUT2D eigenvalue weighted by Gasteiger charge is -2.39. The lowest BCUT2D eigenvalue weighted by atomic mass is 9.74. The molecule has 0 radical (unpaired) electrons. The maximum atomic E-state index is 12.7. The van der Waals surface area contributed by atoms with Crippen LogP contribution in [0.2, 0.25) is 0 Å². The third-order valence-electron chi connectivity index (χ3n) is 5.08. The summed E-state index contributed by atoms with van der Waals surface area (Å²) in [7, 11) is 0. The van der Waals surface area contributed by atoms with E-state index in [9.17, 15) is 4.79 Å². The molecule has 0 aromatic rings. The van der Waals surface area contributed by atoms with E-state index < -0.39 is 0 Å². The summed E-state index contributed by atoms with van der Waals surface area (Å²) in [4.78, 5) is 12.7. The van der Waals surface area contributed by atoms with Gasteiger partial charge in [0.2, 0.25) is 0 Å². The molecule has 4 atom stereocenters. The van der Waals surface area contributed by atoms with Crippen molar-refractivity contribution in [1.29, 1.82) is 0 Å². The van der Waals surface area contributed by atoms with Crippen molar-refractivity contribution in [2.24, 2.45) is 17.6 Å². The molecule has 0 aromatic heterocycles. The number of carbonyl (C=O) groups excluding carboxylic acids is 1. The Balaban J connectivity index is 1.62. The zero-order chi connectivity index (χ0) is 13.3. The molecule has 2 N–H and O–H groups in total. The van der Waals surface area contributed by atoms with Crippen molar-refractivity contribution in [3.05, 3.63) is 0 Å². The Kier molecular flexibility index (Phi) is 4.20. The number of Topliss-reactive ketones (excluding diaryl/α,β-unsaturated/α-hetero) is 1. The normalized spacial score (nSPS) is 43.5. The van der Waals surface area contributed by atoms with Crippen LogP contribution in [-0.2, 0) is 9.53 Å². The number of hydrogen-bond acceptors (Lipinski definition) is 4. The minimum absolute atomic E-state index is 0.0278. The van der Waals surface area contributed by atoms with Crippen molar-refractivity contribution in [3.8, 4) is 0 Å². The molecule has 4 unspecified atom stereocenters. The van der Waals surface area contributed by atoms with E-state index in [4.69, 9.17) is 10.5 Å². The van der Waals surface area contributed by atoms with E-state index in [1.54, 1.807) is 0 Å². The van der Waals surface area contributed by atoms with Crippen molar-refractivity contribution >= 4 is 17.5 Å². The standard InChI is InChI=1S/C15H25NO2S/c16-13-3-1-2-11(8-13)14(17)12-4-6-18-15(9-12)5-7-19-10-15/h11-13H,1-10,16H2.